The van der Waals surface area contributed by atoms with Crippen LogP contribution in [0.15, 0.2) is 18.2 Å². The number of carboxylic acid groups (broad SMARTS) is 1. The molecule has 7 heteroatoms. The second-order valence-electron chi connectivity index (χ2n) is 5.07. The van der Waals surface area contributed by atoms with Crippen LogP contribution in [0.25, 0.3) is 0 Å². The predicted molar refractivity (Wildman–Crippen MR) is 82.8 cm³/mol. The molecule has 1 rings (SSSR count). The maximum absolute atomic E-state index is 11.9. The first kappa shape index (κ1) is 17.6. The zero-order valence-corrected chi connectivity index (χ0v) is 13.5. The number of amides is 2. The molecule has 0 saturated carbocycles. The molecule has 0 spiro atoms. The number of urea groups is 1. The Morgan fingerprint density at radius 1 is 1.14 bits per heavy atom. The van der Waals surface area contributed by atoms with Gasteiger partial charge in [0.15, 0.2) is 0 Å². The summed E-state index contributed by atoms with van der Waals surface area (Å²) in [6, 6.07) is 3.09. The van der Waals surface area contributed by atoms with E-state index in [1.54, 1.807) is 39.0 Å². The molecule has 2 atom stereocenters. The maximum atomic E-state index is 11.9. The molecule has 0 radical (unpaired) electrons. The van der Waals surface area contributed by atoms with E-state index in [-0.39, 0.29) is 12.0 Å². The van der Waals surface area contributed by atoms with Crippen molar-refractivity contribution in [2.45, 2.75) is 32.9 Å². The summed E-state index contributed by atoms with van der Waals surface area (Å²) in [5.74, 6) is -1.29. The number of hydrogen-bond acceptors (Lipinski definition) is 2. The molecule has 21 heavy (non-hydrogen) atoms. The largest absolute Gasteiger partial charge is 0.480 e. The van der Waals surface area contributed by atoms with E-state index < -0.39 is 18.0 Å². The molecule has 116 valence electrons. The first-order valence-corrected chi connectivity index (χ1v) is 7.22. The second-order valence-corrected chi connectivity index (χ2v) is 5.91. The lowest BCUT2D eigenvalue weighted by atomic mass is 10.1. The average Bonchev–Trinajstić information content (AvgIpc) is 2.34. The van der Waals surface area contributed by atoms with Gasteiger partial charge in [-0.1, -0.05) is 43.1 Å². The number of carboxylic acids is 1. The molecule has 1 aromatic rings. The summed E-state index contributed by atoms with van der Waals surface area (Å²) in [6.45, 7) is 5.19. The SMILES string of the molecule is CC(NC(=O)NC(C(=O)O)C(C)C)c1ccc(Cl)cc1Cl. The Hall–Kier alpha value is -1.46. The van der Waals surface area contributed by atoms with Crippen LogP contribution >= 0.6 is 23.2 Å². The average molecular weight is 333 g/mol. The van der Waals surface area contributed by atoms with E-state index in [1.807, 2.05) is 0 Å². The number of nitrogens with one attached hydrogen (secondary N) is 2. The van der Waals surface area contributed by atoms with Gasteiger partial charge in [-0.05, 0) is 30.5 Å². The van der Waals surface area contributed by atoms with Crippen molar-refractivity contribution in [3.05, 3.63) is 33.8 Å². The lowest BCUT2D eigenvalue weighted by Gasteiger charge is -2.21. The molecule has 0 aromatic heterocycles. The van der Waals surface area contributed by atoms with E-state index >= 15 is 0 Å². The zero-order chi connectivity index (χ0) is 16.2. The third kappa shape index (κ3) is 5.10. The summed E-state index contributed by atoms with van der Waals surface area (Å²) >= 11 is 11.9. The number of halogens is 2. The van der Waals surface area contributed by atoms with E-state index in [2.05, 4.69) is 10.6 Å². The van der Waals surface area contributed by atoms with Gasteiger partial charge in [0.1, 0.15) is 6.04 Å². The lowest BCUT2D eigenvalue weighted by Crippen LogP contribution is -2.49. The van der Waals surface area contributed by atoms with Crippen molar-refractivity contribution in [3.63, 3.8) is 0 Å². The summed E-state index contributed by atoms with van der Waals surface area (Å²) in [4.78, 5) is 22.9. The molecular formula is C14H18Cl2N2O3. The lowest BCUT2D eigenvalue weighted by molar-refractivity contribution is -0.140. The monoisotopic (exact) mass is 332 g/mol. The van der Waals surface area contributed by atoms with Gasteiger partial charge in [0, 0.05) is 10.0 Å². The van der Waals surface area contributed by atoms with Crippen molar-refractivity contribution in [3.8, 4) is 0 Å². The van der Waals surface area contributed by atoms with Crippen LogP contribution in [0.3, 0.4) is 0 Å². The number of rotatable bonds is 5. The molecule has 0 fully saturated rings. The van der Waals surface area contributed by atoms with E-state index in [1.165, 1.54) is 0 Å². The van der Waals surface area contributed by atoms with Gasteiger partial charge in [-0.25, -0.2) is 9.59 Å². The fourth-order valence-electron chi connectivity index (χ4n) is 1.82. The van der Waals surface area contributed by atoms with Crippen molar-refractivity contribution < 1.29 is 14.7 Å². The highest BCUT2D eigenvalue weighted by Gasteiger charge is 2.24. The molecule has 5 nitrogen and oxygen atoms in total. The van der Waals surface area contributed by atoms with Crippen molar-refractivity contribution in [2.24, 2.45) is 5.92 Å². The Kier molecular flexibility index (Phi) is 6.30. The summed E-state index contributed by atoms with van der Waals surface area (Å²) in [5.41, 5.74) is 0.702. The van der Waals surface area contributed by atoms with Crippen molar-refractivity contribution in [2.75, 3.05) is 0 Å². The molecule has 1 aromatic carbocycles. The van der Waals surface area contributed by atoms with Crippen LogP contribution in [0.4, 0.5) is 4.79 Å². The molecule has 2 amide bonds. The second kappa shape index (κ2) is 7.52. The topological polar surface area (TPSA) is 78.4 Å². The van der Waals surface area contributed by atoms with Crippen LogP contribution < -0.4 is 10.6 Å². The van der Waals surface area contributed by atoms with Crippen LogP contribution in [0.1, 0.15) is 32.4 Å². The van der Waals surface area contributed by atoms with Gasteiger partial charge in [-0.2, -0.15) is 0 Å². The first-order valence-electron chi connectivity index (χ1n) is 6.47. The van der Waals surface area contributed by atoms with Crippen molar-refractivity contribution in [1.29, 1.82) is 0 Å². The fourth-order valence-corrected chi connectivity index (χ4v) is 2.40. The highest BCUT2D eigenvalue weighted by atomic mass is 35.5. The van der Waals surface area contributed by atoms with Gasteiger partial charge in [0.2, 0.25) is 0 Å². The minimum atomic E-state index is -1.07. The highest BCUT2D eigenvalue weighted by Crippen LogP contribution is 2.25. The number of aliphatic carboxylic acids is 1. The molecule has 0 aliphatic rings. The Balaban J connectivity index is 2.71. The zero-order valence-electron chi connectivity index (χ0n) is 12.0. The van der Waals surface area contributed by atoms with Gasteiger partial charge in [-0.3, -0.25) is 0 Å². The fraction of sp³-hybridized carbons (Fsp3) is 0.429. The normalized spacial score (nSPS) is 13.6. The smallest absolute Gasteiger partial charge is 0.326 e. The predicted octanol–water partition coefficient (Wildman–Crippen LogP) is 3.46. The van der Waals surface area contributed by atoms with Crippen LogP contribution in [-0.4, -0.2) is 23.1 Å². The van der Waals surface area contributed by atoms with Gasteiger partial charge >= 0.3 is 12.0 Å². The van der Waals surface area contributed by atoms with Gasteiger partial charge < -0.3 is 15.7 Å². The molecular weight excluding hydrogens is 315 g/mol. The Morgan fingerprint density at radius 3 is 2.24 bits per heavy atom. The Labute approximate surface area is 133 Å². The summed E-state index contributed by atoms with van der Waals surface area (Å²) in [7, 11) is 0. The number of benzene rings is 1. The molecule has 0 saturated heterocycles. The van der Waals surface area contributed by atoms with Crippen LogP contribution in [0.2, 0.25) is 10.0 Å². The van der Waals surface area contributed by atoms with Gasteiger partial charge in [0.25, 0.3) is 0 Å². The summed E-state index contributed by atoms with van der Waals surface area (Å²) in [6.07, 6.45) is 0. The molecule has 2 unspecified atom stereocenters. The van der Waals surface area contributed by atoms with Crippen LogP contribution in [0, 0.1) is 5.92 Å². The number of carbonyl (C=O) groups is 2. The minimum Gasteiger partial charge on any atom is -0.480 e. The van der Waals surface area contributed by atoms with E-state index in [4.69, 9.17) is 28.3 Å². The standard InChI is InChI=1S/C14H18Cl2N2O3/c1-7(2)12(13(19)20)18-14(21)17-8(3)10-5-4-9(15)6-11(10)16/h4-8,12H,1-3H3,(H,19,20)(H2,17,18,21). The summed E-state index contributed by atoms with van der Waals surface area (Å²) in [5, 5.41) is 15.1. The van der Waals surface area contributed by atoms with Crippen LogP contribution in [-0.2, 0) is 4.79 Å². The molecule has 0 bridgehead atoms. The third-order valence-electron chi connectivity index (χ3n) is 3.00. The first-order chi connectivity index (χ1) is 9.72. The van der Waals surface area contributed by atoms with E-state index in [0.29, 0.717) is 15.6 Å². The van der Waals surface area contributed by atoms with Gasteiger partial charge in [-0.15, -0.1) is 0 Å². The highest BCUT2D eigenvalue weighted by molar-refractivity contribution is 6.35. The van der Waals surface area contributed by atoms with Crippen molar-refractivity contribution >= 4 is 35.2 Å². The van der Waals surface area contributed by atoms with Crippen LogP contribution in [0.5, 0.6) is 0 Å². The van der Waals surface area contributed by atoms with E-state index in [9.17, 15) is 9.59 Å². The maximum Gasteiger partial charge on any atom is 0.326 e. The Bertz CT molecular complexity index is 535. The number of hydrogen-bond donors (Lipinski definition) is 3. The molecule has 0 aliphatic carbocycles. The van der Waals surface area contributed by atoms with E-state index in [0.717, 1.165) is 0 Å². The molecule has 3 N–H and O–H groups in total. The minimum absolute atomic E-state index is 0.220. The number of carbonyl (C=O) groups excluding carboxylic acids is 1. The molecule has 0 heterocycles. The molecule has 0 aliphatic heterocycles. The van der Waals surface area contributed by atoms with Crippen molar-refractivity contribution in [1.82, 2.24) is 10.6 Å². The van der Waals surface area contributed by atoms with Gasteiger partial charge in [0.05, 0.1) is 6.04 Å². The quantitative estimate of drug-likeness (QED) is 0.772. The Morgan fingerprint density at radius 2 is 1.76 bits per heavy atom. The summed E-state index contributed by atoms with van der Waals surface area (Å²) < 4.78 is 0. The third-order valence-corrected chi connectivity index (χ3v) is 3.56.